The number of hydrogen-bond acceptors (Lipinski definition) is 3. The first-order valence-electron chi connectivity index (χ1n) is 12.1. The van der Waals surface area contributed by atoms with Crippen LogP contribution in [0.25, 0.3) is 43.5 Å². The summed E-state index contributed by atoms with van der Waals surface area (Å²) in [5.41, 5.74) is 2.99. The van der Waals surface area contributed by atoms with Crippen molar-refractivity contribution in [3.63, 3.8) is 0 Å². The maximum atomic E-state index is 6.83. The molecule has 1 heterocycles. The van der Waals surface area contributed by atoms with Gasteiger partial charge >= 0.3 is 8.16 Å². The smallest absolute Gasteiger partial charge is 0.310 e. The van der Waals surface area contributed by atoms with E-state index in [1.807, 2.05) is 0 Å². The summed E-state index contributed by atoms with van der Waals surface area (Å²) in [5, 5.41) is 6.95. The standard InChI is InChI=1S/C31H28NO2P/c1-21(2)32(22(3)23-11-5-4-6-12-23)35-33-28-19-17-24-13-7-9-15-26(24)30(28)31-27-16-10-8-14-25(27)18-20-29(31)34-35/h4-22H,1-3H3/t22-/m0/s1. The zero-order chi connectivity index (χ0) is 23.9. The fraction of sp³-hybridized carbons (Fsp3) is 0.161. The highest BCUT2D eigenvalue weighted by Crippen LogP contribution is 2.45. The van der Waals surface area contributed by atoms with Gasteiger partial charge in [-0.2, -0.15) is 4.67 Å². The minimum absolute atomic E-state index is 0.133. The highest BCUT2D eigenvalue weighted by molar-refractivity contribution is 7.39. The van der Waals surface area contributed by atoms with Crippen molar-refractivity contribution in [2.24, 2.45) is 0 Å². The third-order valence-electron chi connectivity index (χ3n) is 6.78. The Labute approximate surface area is 206 Å². The van der Waals surface area contributed by atoms with E-state index in [0.717, 1.165) is 21.9 Å². The third-order valence-corrected chi connectivity index (χ3v) is 8.67. The van der Waals surface area contributed by atoms with Gasteiger partial charge in [-0.1, -0.05) is 91.0 Å². The van der Waals surface area contributed by atoms with Gasteiger partial charge < -0.3 is 8.39 Å². The van der Waals surface area contributed by atoms with Crippen LogP contribution in [0.1, 0.15) is 32.4 Å². The molecule has 0 aliphatic rings. The molecule has 1 atom stereocenters. The highest BCUT2D eigenvalue weighted by atomic mass is 31.1. The van der Waals surface area contributed by atoms with E-state index in [0.29, 0.717) is 0 Å². The summed E-state index contributed by atoms with van der Waals surface area (Å²) in [7, 11) is -1.41. The summed E-state index contributed by atoms with van der Waals surface area (Å²) < 4.78 is 16.0. The Kier molecular flexibility index (Phi) is 5.60. The molecule has 6 aromatic rings. The quantitative estimate of drug-likeness (QED) is 0.253. The van der Waals surface area contributed by atoms with Crippen LogP contribution in [0.15, 0.2) is 112 Å². The molecule has 4 heteroatoms. The van der Waals surface area contributed by atoms with E-state index in [1.165, 1.54) is 27.1 Å². The van der Waals surface area contributed by atoms with Crippen LogP contribution < -0.4 is 4.67 Å². The molecule has 0 amide bonds. The average Bonchev–Trinajstić information content (AvgIpc) is 3.06. The number of benzene rings is 5. The Morgan fingerprint density at radius 2 is 1.06 bits per heavy atom. The first-order chi connectivity index (χ1) is 17.1. The van der Waals surface area contributed by atoms with Crippen molar-refractivity contribution in [2.75, 3.05) is 4.67 Å². The summed E-state index contributed by atoms with van der Waals surface area (Å²) in [6.07, 6.45) is 0. The minimum Gasteiger partial charge on any atom is -0.408 e. The van der Waals surface area contributed by atoms with Crippen molar-refractivity contribution in [1.82, 2.24) is 0 Å². The van der Waals surface area contributed by atoms with Crippen LogP contribution >= 0.6 is 8.16 Å². The molecule has 174 valence electrons. The molecular weight excluding hydrogens is 449 g/mol. The number of rotatable bonds is 4. The van der Waals surface area contributed by atoms with E-state index in [-0.39, 0.29) is 12.1 Å². The molecule has 0 fully saturated rings. The fourth-order valence-corrected chi connectivity index (χ4v) is 6.77. The molecule has 0 bridgehead atoms. The van der Waals surface area contributed by atoms with Gasteiger partial charge in [0.05, 0.1) is 0 Å². The molecule has 1 aromatic heterocycles. The largest absolute Gasteiger partial charge is 0.408 e. The van der Waals surface area contributed by atoms with Crippen molar-refractivity contribution < 1.29 is 8.39 Å². The van der Waals surface area contributed by atoms with Gasteiger partial charge in [0, 0.05) is 22.9 Å². The van der Waals surface area contributed by atoms with E-state index in [9.17, 15) is 0 Å². The van der Waals surface area contributed by atoms with Crippen LogP contribution in [0.4, 0.5) is 0 Å². The van der Waals surface area contributed by atoms with E-state index in [2.05, 4.69) is 129 Å². The van der Waals surface area contributed by atoms with Crippen LogP contribution in [0.2, 0.25) is 0 Å². The molecular formula is C31H28NO2P. The van der Waals surface area contributed by atoms with Gasteiger partial charge in [0.25, 0.3) is 0 Å². The maximum absolute atomic E-state index is 6.83. The zero-order valence-electron chi connectivity index (χ0n) is 20.2. The predicted molar refractivity (Wildman–Crippen MR) is 150 cm³/mol. The molecule has 0 saturated carbocycles. The number of hydrogen-bond donors (Lipinski definition) is 0. The van der Waals surface area contributed by atoms with E-state index in [4.69, 9.17) is 8.39 Å². The van der Waals surface area contributed by atoms with Gasteiger partial charge in [-0.15, -0.1) is 0 Å². The van der Waals surface area contributed by atoms with Crippen LogP contribution in [-0.2, 0) is 0 Å². The zero-order valence-corrected chi connectivity index (χ0v) is 21.1. The van der Waals surface area contributed by atoms with Crippen molar-refractivity contribution in [3.05, 3.63) is 109 Å². The second-order valence-electron chi connectivity index (χ2n) is 9.30. The van der Waals surface area contributed by atoms with Gasteiger partial charge in [0.15, 0.2) is 0 Å². The molecule has 35 heavy (non-hydrogen) atoms. The minimum atomic E-state index is -1.41. The first-order valence-corrected chi connectivity index (χ1v) is 13.3. The lowest BCUT2D eigenvalue weighted by Gasteiger charge is -2.29. The molecule has 0 radical (unpaired) electrons. The molecule has 5 aromatic carbocycles. The Hall–Kier alpha value is -3.52. The monoisotopic (exact) mass is 477 g/mol. The Balaban J connectivity index is 1.76. The summed E-state index contributed by atoms with van der Waals surface area (Å²) >= 11 is 0. The molecule has 0 aliphatic carbocycles. The molecule has 0 spiro atoms. The molecule has 3 nitrogen and oxygen atoms in total. The Morgan fingerprint density at radius 3 is 1.57 bits per heavy atom. The Morgan fingerprint density at radius 1 is 0.571 bits per heavy atom. The lowest BCUT2D eigenvalue weighted by Crippen LogP contribution is -2.30. The molecule has 6 rings (SSSR count). The van der Waals surface area contributed by atoms with Crippen LogP contribution in [-0.4, -0.2) is 6.04 Å². The van der Waals surface area contributed by atoms with Crippen molar-refractivity contribution in [1.29, 1.82) is 0 Å². The van der Waals surface area contributed by atoms with Crippen LogP contribution in [0.3, 0.4) is 0 Å². The van der Waals surface area contributed by atoms with Gasteiger partial charge in [-0.25, -0.2) is 0 Å². The second-order valence-corrected chi connectivity index (χ2v) is 10.6. The van der Waals surface area contributed by atoms with E-state index >= 15 is 0 Å². The molecule has 0 saturated heterocycles. The summed E-state index contributed by atoms with van der Waals surface area (Å²) in [6, 6.07) is 36.5. The topological polar surface area (TPSA) is 29.5 Å². The molecule has 0 unspecified atom stereocenters. The fourth-order valence-electron chi connectivity index (χ4n) is 5.11. The SMILES string of the molecule is CC(C)N([C@@H](C)c1ccccc1)p1oc2ccc3ccccc3c2c2c(ccc3ccccc32)o1. The van der Waals surface area contributed by atoms with Gasteiger partial charge in [-0.3, -0.25) is 0 Å². The Bertz CT molecular complexity index is 1610. The van der Waals surface area contributed by atoms with Crippen LogP contribution in [0.5, 0.6) is 0 Å². The van der Waals surface area contributed by atoms with Gasteiger partial charge in [0.2, 0.25) is 0 Å². The maximum Gasteiger partial charge on any atom is 0.310 e. The van der Waals surface area contributed by atoms with Crippen molar-refractivity contribution in [3.8, 4) is 0 Å². The normalized spacial score (nSPS) is 12.8. The second kappa shape index (κ2) is 8.92. The summed E-state index contributed by atoms with van der Waals surface area (Å²) in [6.45, 7) is 6.65. The lowest BCUT2D eigenvalue weighted by atomic mass is 9.99. The summed E-state index contributed by atoms with van der Waals surface area (Å²) in [4.78, 5) is 0. The van der Waals surface area contributed by atoms with Crippen molar-refractivity contribution in [2.45, 2.75) is 32.9 Å². The van der Waals surface area contributed by atoms with E-state index in [1.54, 1.807) is 0 Å². The predicted octanol–water partition coefficient (Wildman–Crippen LogP) is 9.70. The molecule has 0 N–H and O–H groups in total. The average molecular weight is 478 g/mol. The lowest BCUT2D eigenvalue weighted by molar-refractivity contribution is 0.564. The third kappa shape index (κ3) is 3.82. The summed E-state index contributed by atoms with van der Waals surface area (Å²) in [5.74, 6) is 0. The number of nitrogens with zero attached hydrogens (tertiary/aromatic N) is 1. The van der Waals surface area contributed by atoms with Gasteiger partial charge in [-0.05, 0) is 60.0 Å². The van der Waals surface area contributed by atoms with E-state index < -0.39 is 8.16 Å². The van der Waals surface area contributed by atoms with Gasteiger partial charge in [0.1, 0.15) is 11.2 Å². The number of fused-ring (bicyclic) bond motifs is 7. The first kappa shape index (κ1) is 22.0. The highest BCUT2D eigenvalue weighted by Gasteiger charge is 2.26. The molecule has 0 aliphatic heterocycles. The van der Waals surface area contributed by atoms with Crippen molar-refractivity contribution >= 4 is 51.6 Å². The van der Waals surface area contributed by atoms with Crippen LogP contribution in [0, 0.1) is 0 Å².